The summed E-state index contributed by atoms with van der Waals surface area (Å²) >= 11 is 1.42. The summed E-state index contributed by atoms with van der Waals surface area (Å²) in [7, 11) is 0. The number of aromatic amines is 1. The second kappa shape index (κ2) is 4.84. The quantitative estimate of drug-likeness (QED) is 0.622. The number of thioether (sulfide) groups is 1. The maximum atomic E-state index is 11.3. The number of rotatable bonds is 5. The SMILES string of the molecule is C=CCn1c(SCc2ccon2)n[nH]c1=O. The maximum absolute atomic E-state index is 11.3. The van der Waals surface area contributed by atoms with Crippen LogP contribution in [0.3, 0.4) is 0 Å². The number of hydrogen-bond acceptors (Lipinski definition) is 5. The van der Waals surface area contributed by atoms with Gasteiger partial charge in [-0.25, -0.2) is 9.89 Å². The van der Waals surface area contributed by atoms with Gasteiger partial charge in [0.05, 0.1) is 5.69 Å². The molecule has 0 saturated heterocycles. The molecule has 0 radical (unpaired) electrons. The van der Waals surface area contributed by atoms with Crippen LogP contribution >= 0.6 is 11.8 Å². The van der Waals surface area contributed by atoms with Crippen molar-refractivity contribution < 1.29 is 4.52 Å². The summed E-state index contributed by atoms with van der Waals surface area (Å²) < 4.78 is 6.22. The van der Waals surface area contributed by atoms with Crippen LogP contribution in [0, 0.1) is 0 Å². The first-order chi connectivity index (χ1) is 7.81. The monoisotopic (exact) mass is 238 g/mol. The highest BCUT2D eigenvalue weighted by Gasteiger charge is 2.08. The second-order valence-electron chi connectivity index (χ2n) is 2.99. The Kier molecular flexibility index (Phi) is 3.25. The van der Waals surface area contributed by atoms with Crippen molar-refractivity contribution in [1.29, 1.82) is 0 Å². The van der Waals surface area contributed by atoms with Crippen LogP contribution in [0.25, 0.3) is 0 Å². The normalized spacial score (nSPS) is 10.5. The Bertz CT molecular complexity index is 514. The second-order valence-corrected chi connectivity index (χ2v) is 3.93. The lowest BCUT2D eigenvalue weighted by atomic mass is 10.5. The lowest BCUT2D eigenvalue weighted by molar-refractivity contribution is 0.414. The van der Waals surface area contributed by atoms with Crippen LogP contribution in [-0.4, -0.2) is 19.9 Å². The molecule has 2 aromatic rings. The highest BCUT2D eigenvalue weighted by atomic mass is 32.2. The Balaban J connectivity index is 2.09. The van der Waals surface area contributed by atoms with Gasteiger partial charge in [-0.15, -0.1) is 11.7 Å². The molecule has 0 saturated carbocycles. The number of nitrogens with one attached hydrogen (secondary N) is 1. The zero-order valence-corrected chi connectivity index (χ0v) is 9.24. The number of allylic oxidation sites excluding steroid dienone is 1. The average Bonchev–Trinajstić information content (AvgIpc) is 2.89. The highest BCUT2D eigenvalue weighted by Crippen LogP contribution is 2.18. The van der Waals surface area contributed by atoms with Crippen molar-refractivity contribution in [3.05, 3.63) is 41.2 Å². The van der Waals surface area contributed by atoms with Gasteiger partial charge in [-0.1, -0.05) is 23.0 Å². The molecule has 2 heterocycles. The lowest BCUT2D eigenvalue weighted by Gasteiger charge is -1.99. The van der Waals surface area contributed by atoms with Crippen LogP contribution in [0.5, 0.6) is 0 Å². The van der Waals surface area contributed by atoms with E-state index in [1.165, 1.54) is 22.6 Å². The standard InChI is InChI=1S/C9H10N4O2S/c1-2-4-13-8(14)10-11-9(13)16-6-7-3-5-15-12-7/h2-3,5H,1,4,6H2,(H,10,14). The molecule has 0 fully saturated rings. The van der Waals surface area contributed by atoms with Crippen LogP contribution in [0.4, 0.5) is 0 Å². The summed E-state index contributed by atoms with van der Waals surface area (Å²) in [5.74, 6) is 0.609. The van der Waals surface area contributed by atoms with Gasteiger partial charge in [0.1, 0.15) is 6.26 Å². The van der Waals surface area contributed by atoms with Gasteiger partial charge < -0.3 is 4.52 Å². The van der Waals surface area contributed by atoms with Crippen molar-refractivity contribution in [1.82, 2.24) is 19.9 Å². The summed E-state index contributed by atoms with van der Waals surface area (Å²) in [5, 5.41) is 10.7. The molecule has 2 rings (SSSR count). The fourth-order valence-electron chi connectivity index (χ4n) is 1.15. The topological polar surface area (TPSA) is 76.7 Å². The van der Waals surface area contributed by atoms with E-state index < -0.39 is 0 Å². The predicted molar refractivity (Wildman–Crippen MR) is 59.1 cm³/mol. The van der Waals surface area contributed by atoms with Crippen molar-refractivity contribution in [2.24, 2.45) is 0 Å². The minimum Gasteiger partial charge on any atom is -0.364 e. The van der Waals surface area contributed by atoms with Gasteiger partial charge in [-0.05, 0) is 0 Å². The molecular weight excluding hydrogens is 228 g/mol. The largest absolute Gasteiger partial charge is 0.364 e. The van der Waals surface area contributed by atoms with Crippen LogP contribution in [0.2, 0.25) is 0 Å². The predicted octanol–water partition coefficient (Wildman–Crippen LogP) is 1.04. The van der Waals surface area contributed by atoms with E-state index in [9.17, 15) is 4.79 Å². The molecule has 7 heteroatoms. The molecule has 0 aliphatic rings. The van der Waals surface area contributed by atoms with Gasteiger partial charge in [0, 0.05) is 18.4 Å². The van der Waals surface area contributed by atoms with Gasteiger partial charge >= 0.3 is 5.69 Å². The molecule has 1 N–H and O–H groups in total. The van der Waals surface area contributed by atoms with E-state index in [0.717, 1.165) is 5.69 Å². The van der Waals surface area contributed by atoms with Gasteiger partial charge in [0.2, 0.25) is 0 Å². The Morgan fingerprint density at radius 3 is 3.25 bits per heavy atom. The minimum atomic E-state index is -0.234. The summed E-state index contributed by atoms with van der Waals surface area (Å²) in [5.41, 5.74) is 0.577. The Morgan fingerprint density at radius 2 is 2.56 bits per heavy atom. The van der Waals surface area contributed by atoms with Gasteiger partial charge in [-0.3, -0.25) is 4.57 Å². The molecule has 6 nitrogen and oxygen atoms in total. The van der Waals surface area contributed by atoms with Crippen molar-refractivity contribution in [3.63, 3.8) is 0 Å². The Hall–Kier alpha value is -1.76. The van der Waals surface area contributed by atoms with E-state index in [2.05, 4.69) is 21.9 Å². The fraction of sp³-hybridized carbons (Fsp3) is 0.222. The summed E-state index contributed by atoms with van der Waals surface area (Å²) in [6, 6.07) is 1.77. The summed E-state index contributed by atoms with van der Waals surface area (Å²) in [6.45, 7) is 4.03. The van der Waals surface area contributed by atoms with Crippen LogP contribution in [0.15, 0.2) is 39.5 Å². The van der Waals surface area contributed by atoms with Crippen LogP contribution in [-0.2, 0) is 12.3 Å². The molecule has 0 bridgehead atoms. The van der Waals surface area contributed by atoms with E-state index in [1.54, 1.807) is 12.1 Å². The molecule has 84 valence electrons. The third kappa shape index (κ3) is 2.25. The van der Waals surface area contributed by atoms with Crippen molar-refractivity contribution in [3.8, 4) is 0 Å². The van der Waals surface area contributed by atoms with Gasteiger partial charge in [-0.2, -0.15) is 0 Å². The number of aromatic nitrogens is 4. The summed E-state index contributed by atoms with van der Waals surface area (Å²) in [6.07, 6.45) is 3.16. The fourth-order valence-corrected chi connectivity index (χ4v) is 2.00. The zero-order valence-electron chi connectivity index (χ0n) is 8.42. The number of nitrogens with zero attached hydrogens (tertiary/aromatic N) is 3. The van der Waals surface area contributed by atoms with Crippen molar-refractivity contribution in [2.45, 2.75) is 17.5 Å². The molecule has 0 aromatic carbocycles. The number of hydrogen-bond donors (Lipinski definition) is 1. The van der Waals surface area contributed by atoms with Gasteiger partial charge in [0.15, 0.2) is 5.16 Å². The van der Waals surface area contributed by atoms with E-state index in [4.69, 9.17) is 4.52 Å². The molecule has 0 atom stereocenters. The first kappa shape index (κ1) is 10.7. The van der Waals surface area contributed by atoms with E-state index in [-0.39, 0.29) is 5.69 Å². The molecule has 0 amide bonds. The van der Waals surface area contributed by atoms with Crippen molar-refractivity contribution >= 4 is 11.8 Å². The molecular formula is C9H10N4O2S. The maximum Gasteiger partial charge on any atom is 0.344 e. The van der Waals surface area contributed by atoms with E-state index >= 15 is 0 Å². The van der Waals surface area contributed by atoms with E-state index in [0.29, 0.717) is 17.5 Å². The molecule has 2 aromatic heterocycles. The molecule has 0 spiro atoms. The Morgan fingerprint density at radius 1 is 1.69 bits per heavy atom. The smallest absolute Gasteiger partial charge is 0.344 e. The van der Waals surface area contributed by atoms with Crippen LogP contribution in [0.1, 0.15) is 5.69 Å². The molecule has 0 unspecified atom stereocenters. The zero-order chi connectivity index (χ0) is 11.4. The van der Waals surface area contributed by atoms with Gasteiger partial charge in [0.25, 0.3) is 0 Å². The first-order valence-corrected chi connectivity index (χ1v) is 5.58. The average molecular weight is 238 g/mol. The number of H-pyrrole nitrogens is 1. The molecule has 16 heavy (non-hydrogen) atoms. The third-order valence-corrected chi connectivity index (χ3v) is 2.89. The third-order valence-electron chi connectivity index (χ3n) is 1.88. The minimum absolute atomic E-state index is 0.234. The van der Waals surface area contributed by atoms with Crippen LogP contribution < -0.4 is 5.69 Å². The van der Waals surface area contributed by atoms with E-state index in [1.807, 2.05) is 0 Å². The first-order valence-electron chi connectivity index (χ1n) is 4.59. The molecule has 0 aliphatic carbocycles. The summed E-state index contributed by atoms with van der Waals surface area (Å²) in [4.78, 5) is 11.3. The lowest BCUT2D eigenvalue weighted by Crippen LogP contribution is -2.16. The molecule has 0 aliphatic heterocycles. The Labute approximate surface area is 95.3 Å². The van der Waals surface area contributed by atoms with Crippen molar-refractivity contribution in [2.75, 3.05) is 0 Å². The highest BCUT2D eigenvalue weighted by molar-refractivity contribution is 7.98.